The van der Waals surface area contributed by atoms with Crippen LogP contribution in [0.25, 0.3) is 0 Å². The van der Waals surface area contributed by atoms with E-state index in [0.29, 0.717) is 58.5 Å². The van der Waals surface area contributed by atoms with Crippen molar-refractivity contribution in [2.75, 3.05) is 0 Å². The predicted octanol–water partition coefficient (Wildman–Crippen LogP) is 15.0. The summed E-state index contributed by atoms with van der Waals surface area (Å²) in [7, 11) is 0. The molecule has 0 bridgehead atoms. The lowest BCUT2D eigenvalue weighted by Crippen LogP contribution is -2.48. The van der Waals surface area contributed by atoms with Gasteiger partial charge in [0.15, 0.2) is 0 Å². The Morgan fingerprint density at radius 2 is 0.688 bits per heavy atom. The third-order valence-electron chi connectivity index (χ3n) is 18.4. The first kappa shape index (κ1) is 44.5. The highest BCUT2D eigenvalue weighted by Gasteiger charge is 2.52. The first-order valence-electron chi connectivity index (χ1n) is 25.1. The average Bonchev–Trinajstić information content (AvgIpc) is 3.32. The van der Waals surface area contributed by atoms with E-state index >= 15 is 0 Å². The first-order chi connectivity index (χ1) is 30.8. The molecule has 0 spiro atoms. The maximum atomic E-state index is 10.4. The van der Waals surface area contributed by atoms with E-state index in [1.807, 2.05) is 48.5 Å². The number of benzene rings is 5. The molecule has 4 nitrogen and oxygen atoms in total. The fraction of sp³-hybridized carbons (Fsp3) is 0.500. The third-order valence-corrected chi connectivity index (χ3v) is 18.4. The van der Waals surface area contributed by atoms with Crippen LogP contribution in [0.5, 0.6) is 23.0 Å². The van der Waals surface area contributed by atoms with Crippen LogP contribution in [0.4, 0.5) is 0 Å². The number of rotatable bonds is 10. The second-order valence-electron chi connectivity index (χ2n) is 22.2. The van der Waals surface area contributed by atoms with Crippen molar-refractivity contribution in [3.05, 3.63) is 155 Å². The summed E-state index contributed by atoms with van der Waals surface area (Å²) in [5, 5.41) is 41.6. The van der Waals surface area contributed by atoms with Crippen LogP contribution in [-0.4, -0.2) is 20.4 Å². The van der Waals surface area contributed by atoms with Crippen molar-refractivity contribution in [1.29, 1.82) is 0 Å². The highest BCUT2D eigenvalue weighted by Crippen LogP contribution is 2.60. The Bertz CT molecular complexity index is 2060. The van der Waals surface area contributed by atoms with Crippen molar-refractivity contribution < 1.29 is 20.4 Å². The summed E-state index contributed by atoms with van der Waals surface area (Å²) >= 11 is 0. The number of phenols is 4. The summed E-state index contributed by atoms with van der Waals surface area (Å²) in [4.78, 5) is 0. The Morgan fingerprint density at radius 1 is 0.391 bits per heavy atom. The van der Waals surface area contributed by atoms with Crippen LogP contribution in [0.1, 0.15) is 164 Å². The van der Waals surface area contributed by atoms with E-state index in [9.17, 15) is 20.4 Å². The Morgan fingerprint density at radius 3 is 0.984 bits per heavy atom. The SMILES string of the molecule is CC(C)(c1cccc(C(C)(C)C2CCC(c3ccc(O)cc3)(c3ccc(O)cc3)CC2C2CCCCC2)c1)C1CCC(c2ccc(O)cc2)(c2ccc(O)cc2)CC1C1CCCCC1. The minimum absolute atomic E-state index is 0.0491. The van der Waals surface area contributed by atoms with Gasteiger partial charge >= 0.3 is 0 Å². The molecule has 0 saturated heterocycles. The Kier molecular flexibility index (Phi) is 12.5. The van der Waals surface area contributed by atoms with Gasteiger partial charge in [0.05, 0.1) is 0 Å². The summed E-state index contributed by atoms with van der Waals surface area (Å²) in [6, 6.07) is 42.0. The fourth-order valence-electron chi connectivity index (χ4n) is 14.7. The van der Waals surface area contributed by atoms with Gasteiger partial charge in [0.1, 0.15) is 23.0 Å². The van der Waals surface area contributed by atoms with Crippen LogP contribution in [0.3, 0.4) is 0 Å². The second kappa shape index (κ2) is 17.9. The van der Waals surface area contributed by atoms with Gasteiger partial charge in [0.25, 0.3) is 0 Å². The molecular weight excluding hydrogens is 785 g/mol. The van der Waals surface area contributed by atoms with Gasteiger partial charge in [-0.15, -0.1) is 0 Å². The van der Waals surface area contributed by atoms with E-state index in [2.05, 4.69) is 100 Å². The average molecular weight is 859 g/mol. The molecule has 338 valence electrons. The molecule has 4 heteroatoms. The number of aromatic hydroxyl groups is 4. The van der Waals surface area contributed by atoms with Crippen molar-refractivity contribution in [2.24, 2.45) is 35.5 Å². The standard InChI is InChI=1S/C60H74O4/c1-57(2,55-34-36-59(43-18-26-49(61)27-19-43,44-20-28-50(62)29-21-44)39-53(55)41-12-7-5-8-13-41)47-16-11-17-48(38-47)58(3,4)56-35-37-60(45-22-30-51(63)31-23-45,46-24-32-52(64)33-25-46)40-54(56)42-14-9-6-10-15-42/h11,16-33,38,41-42,53-56,61-64H,5-10,12-15,34-37,39-40H2,1-4H3. The Balaban J connectivity index is 1.07. The summed E-state index contributed by atoms with van der Waals surface area (Å²) in [5.74, 6) is 4.65. The quantitative estimate of drug-likeness (QED) is 0.113. The lowest BCUT2D eigenvalue weighted by molar-refractivity contribution is 0.0478. The third kappa shape index (κ3) is 8.37. The largest absolute Gasteiger partial charge is 0.508 e. The zero-order chi connectivity index (χ0) is 44.7. The van der Waals surface area contributed by atoms with Gasteiger partial charge in [-0.1, -0.05) is 165 Å². The van der Waals surface area contributed by atoms with E-state index in [0.717, 1.165) is 38.5 Å². The van der Waals surface area contributed by atoms with Crippen LogP contribution in [0.15, 0.2) is 121 Å². The van der Waals surface area contributed by atoms with Gasteiger partial charge in [0.2, 0.25) is 0 Å². The van der Waals surface area contributed by atoms with Crippen molar-refractivity contribution >= 4 is 0 Å². The molecule has 0 aliphatic heterocycles. The summed E-state index contributed by atoms with van der Waals surface area (Å²) in [6.07, 6.45) is 19.5. The van der Waals surface area contributed by atoms with Gasteiger partial charge in [-0.3, -0.25) is 0 Å². The van der Waals surface area contributed by atoms with Crippen molar-refractivity contribution in [2.45, 2.75) is 152 Å². The molecule has 4 aliphatic carbocycles. The molecule has 4 aliphatic rings. The molecule has 9 rings (SSSR count). The predicted molar refractivity (Wildman–Crippen MR) is 261 cm³/mol. The van der Waals surface area contributed by atoms with Crippen molar-refractivity contribution in [3.8, 4) is 23.0 Å². The van der Waals surface area contributed by atoms with Crippen molar-refractivity contribution in [3.63, 3.8) is 0 Å². The van der Waals surface area contributed by atoms with Gasteiger partial charge in [-0.05, 0) is 167 Å². The van der Waals surface area contributed by atoms with Gasteiger partial charge in [-0.25, -0.2) is 0 Å². The molecule has 5 aromatic carbocycles. The minimum Gasteiger partial charge on any atom is -0.508 e. The summed E-state index contributed by atoms with van der Waals surface area (Å²) in [6.45, 7) is 10.2. The Labute approximate surface area is 384 Å². The van der Waals surface area contributed by atoms with Gasteiger partial charge in [0, 0.05) is 10.8 Å². The number of hydrogen-bond donors (Lipinski definition) is 4. The summed E-state index contributed by atoms with van der Waals surface area (Å²) in [5.41, 5.74) is 7.56. The maximum Gasteiger partial charge on any atom is 0.115 e. The molecule has 0 amide bonds. The second-order valence-corrected chi connectivity index (χ2v) is 22.2. The van der Waals surface area contributed by atoms with Crippen molar-refractivity contribution in [1.82, 2.24) is 0 Å². The van der Waals surface area contributed by atoms with Crippen LogP contribution in [-0.2, 0) is 21.7 Å². The van der Waals surface area contributed by atoms with Crippen LogP contribution in [0.2, 0.25) is 0 Å². The molecule has 4 N–H and O–H groups in total. The maximum absolute atomic E-state index is 10.4. The normalized spacial score (nSPS) is 24.6. The molecule has 5 aromatic rings. The highest BCUT2D eigenvalue weighted by atomic mass is 16.3. The van der Waals surface area contributed by atoms with Crippen LogP contribution >= 0.6 is 0 Å². The molecule has 64 heavy (non-hydrogen) atoms. The lowest BCUT2D eigenvalue weighted by Gasteiger charge is -2.54. The number of phenolic OH excluding ortho intramolecular Hbond substituents is 4. The van der Waals surface area contributed by atoms with E-state index in [4.69, 9.17) is 0 Å². The smallest absolute Gasteiger partial charge is 0.115 e. The molecule has 0 aromatic heterocycles. The zero-order valence-electron chi connectivity index (χ0n) is 39.1. The monoisotopic (exact) mass is 859 g/mol. The minimum atomic E-state index is -0.190. The molecular formula is C60H74O4. The van der Waals surface area contributed by atoms with E-state index in [-0.39, 0.29) is 21.7 Å². The van der Waals surface area contributed by atoms with E-state index in [1.54, 1.807) is 0 Å². The van der Waals surface area contributed by atoms with E-state index < -0.39 is 0 Å². The number of hydrogen-bond acceptors (Lipinski definition) is 4. The van der Waals surface area contributed by atoms with E-state index in [1.165, 1.54) is 97.6 Å². The van der Waals surface area contributed by atoms with Crippen LogP contribution < -0.4 is 0 Å². The highest BCUT2D eigenvalue weighted by molar-refractivity contribution is 5.46. The zero-order valence-corrected chi connectivity index (χ0v) is 39.1. The van der Waals surface area contributed by atoms with Gasteiger partial charge in [-0.2, -0.15) is 0 Å². The molecule has 4 saturated carbocycles. The fourth-order valence-corrected chi connectivity index (χ4v) is 14.7. The van der Waals surface area contributed by atoms with Gasteiger partial charge < -0.3 is 20.4 Å². The molecule has 0 heterocycles. The first-order valence-corrected chi connectivity index (χ1v) is 25.1. The summed E-state index contributed by atoms with van der Waals surface area (Å²) < 4.78 is 0. The Hall–Kier alpha value is -4.70. The molecule has 4 atom stereocenters. The molecule has 4 unspecified atom stereocenters. The topological polar surface area (TPSA) is 80.9 Å². The van der Waals surface area contributed by atoms with Crippen LogP contribution in [0, 0.1) is 35.5 Å². The lowest BCUT2D eigenvalue weighted by atomic mass is 9.50. The molecule has 4 fully saturated rings. The molecule has 0 radical (unpaired) electrons.